The first-order valence-corrected chi connectivity index (χ1v) is 9.70. The SMILES string of the molecule is C[C@@H](OC(=O)c1ccc(NC(=O)c2ccc(Br)cc2)cc1)C(=O)c1ccccc1. The lowest BCUT2D eigenvalue weighted by molar-refractivity contribution is 0.0319. The third-order valence-corrected chi connectivity index (χ3v) is 4.72. The van der Waals surface area contributed by atoms with Crippen molar-refractivity contribution in [3.8, 4) is 0 Å². The lowest BCUT2D eigenvalue weighted by Gasteiger charge is -2.13. The standard InChI is InChI=1S/C23H18BrNO4/c1-15(21(26)16-5-3-2-4-6-16)29-23(28)18-9-13-20(14-10-18)25-22(27)17-7-11-19(24)12-8-17/h2-15H,1H3,(H,25,27)/t15-/m1/s1. The largest absolute Gasteiger partial charge is 0.451 e. The Bertz CT molecular complexity index is 1020. The van der Waals surface area contributed by atoms with Crippen LogP contribution in [0.3, 0.4) is 0 Å². The first kappa shape index (κ1) is 20.5. The Hall–Kier alpha value is -3.25. The van der Waals surface area contributed by atoms with E-state index in [0.29, 0.717) is 22.4 Å². The summed E-state index contributed by atoms with van der Waals surface area (Å²) in [5.41, 5.74) is 1.84. The van der Waals surface area contributed by atoms with Crippen LogP contribution in [-0.2, 0) is 4.74 Å². The summed E-state index contributed by atoms with van der Waals surface area (Å²) in [6.45, 7) is 1.54. The number of Topliss-reactive ketones (excluding diaryl/α,β-unsaturated/α-hetero) is 1. The first-order valence-electron chi connectivity index (χ1n) is 8.91. The molecule has 29 heavy (non-hydrogen) atoms. The van der Waals surface area contributed by atoms with Crippen LogP contribution in [0.15, 0.2) is 83.3 Å². The monoisotopic (exact) mass is 451 g/mol. The van der Waals surface area contributed by atoms with Gasteiger partial charge in [-0.25, -0.2) is 4.79 Å². The molecule has 146 valence electrons. The van der Waals surface area contributed by atoms with Crippen LogP contribution in [0.1, 0.15) is 38.0 Å². The Morgan fingerprint density at radius 1 is 0.793 bits per heavy atom. The van der Waals surface area contributed by atoms with Crippen LogP contribution in [0.2, 0.25) is 0 Å². The lowest BCUT2D eigenvalue weighted by Crippen LogP contribution is -2.24. The van der Waals surface area contributed by atoms with Crippen molar-refractivity contribution in [1.82, 2.24) is 0 Å². The number of anilines is 1. The highest BCUT2D eigenvalue weighted by Gasteiger charge is 2.20. The summed E-state index contributed by atoms with van der Waals surface area (Å²) in [6, 6.07) is 21.9. The van der Waals surface area contributed by atoms with Crippen LogP contribution < -0.4 is 5.32 Å². The molecule has 0 aliphatic rings. The van der Waals surface area contributed by atoms with Gasteiger partial charge in [0.1, 0.15) is 0 Å². The summed E-state index contributed by atoms with van der Waals surface area (Å²) in [6.07, 6.45) is -0.901. The highest BCUT2D eigenvalue weighted by molar-refractivity contribution is 9.10. The van der Waals surface area contributed by atoms with Gasteiger partial charge in [0.15, 0.2) is 6.10 Å². The van der Waals surface area contributed by atoms with Gasteiger partial charge in [-0.1, -0.05) is 46.3 Å². The van der Waals surface area contributed by atoms with Crippen molar-refractivity contribution < 1.29 is 19.1 Å². The molecule has 0 bridgehead atoms. The number of benzene rings is 3. The smallest absolute Gasteiger partial charge is 0.338 e. The van der Waals surface area contributed by atoms with E-state index in [9.17, 15) is 14.4 Å². The summed E-state index contributed by atoms with van der Waals surface area (Å²) >= 11 is 3.33. The number of ether oxygens (including phenoxy) is 1. The molecule has 5 nitrogen and oxygen atoms in total. The molecule has 1 amide bonds. The quantitative estimate of drug-likeness (QED) is 0.416. The summed E-state index contributed by atoms with van der Waals surface area (Å²) in [5, 5.41) is 2.76. The molecule has 1 atom stereocenters. The Kier molecular flexibility index (Phi) is 6.57. The van der Waals surface area contributed by atoms with Crippen molar-refractivity contribution in [3.63, 3.8) is 0 Å². The zero-order valence-corrected chi connectivity index (χ0v) is 17.2. The average Bonchev–Trinajstić information content (AvgIpc) is 2.74. The summed E-state index contributed by atoms with van der Waals surface area (Å²) < 4.78 is 6.16. The lowest BCUT2D eigenvalue weighted by atomic mass is 10.1. The Morgan fingerprint density at radius 2 is 1.38 bits per heavy atom. The van der Waals surface area contributed by atoms with Gasteiger partial charge in [0, 0.05) is 21.3 Å². The van der Waals surface area contributed by atoms with Crippen LogP contribution in [-0.4, -0.2) is 23.8 Å². The maximum atomic E-state index is 12.3. The van der Waals surface area contributed by atoms with Crippen molar-refractivity contribution in [2.45, 2.75) is 13.0 Å². The molecule has 0 saturated carbocycles. The van der Waals surface area contributed by atoms with Gasteiger partial charge in [-0.2, -0.15) is 0 Å². The predicted molar refractivity (Wildman–Crippen MR) is 114 cm³/mol. The van der Waals surface area contributed by atoms with Crippen LogP contribution in [0.25, 0.3) is 0 Å². The van der Waals surface area contributed by atoms with Crippen molar-refractivity contribution in [2.75, 3.05) is 5.32 Å². The van der Waals surface area contributed by atoms with Gasteiger partial charge in [0.05, 0.1) is 5.56 Å². The number of hydrogen-bond acceptors (Lipinski definition) is 4. The number of carbonyl (C=O) groups is 3. The summed E-state index contributed by atoms with van der Waals surface area (Å²) in [5.74, 6) is -1.13. The molecule has 0 aliphatic carbocycles. The van der Waals surface area contributed by atoms with E-state index in [0.717, 1.165) is 4.47 Å². The second-order valence-electron chi connectivity index (χ2n) is 6.32. The fraction of sp³-hybridized carbons (Fsp3) is 0.0870. The van der Waals surface area contributed by atoms with Crippen molar-refractivity contribution in [2.24, 2.45) is 0 Å². The average molecular weight is 452 g/mol. The summed E-state index contributed by atoms with van der Waals surface area (Å²) in [7, 11) is 0. The minimum Gasteiger partial charge on any atom is -0.451 e. The third kappa shape index (κ3) is 5.39. The van der Waals surface area contributed by atoms with Crippen LogP contribution in [0, 0.1) is 0 Å². The number of amides is 1. The van der Waals surface area contributed by atoms with E-state index >= 15 is 0 Å². The number of hydrogen-bond donors (Lipinski definition) is 1. The van der Waals surface area contributed by atoms with Crippen molar-refractivity contribution >= 4 is 39.3 Å². The van der Waals surface area contributed by atoms with E-state index in [4.69, 9.17) is 4.74 Å². The van der Waals surface area contributed by atoms with Gasteiger partial charge >= 0.3 is 5.97 Å². The molecule has 0 aliphatic heterocycles. The number of halogens is 1. The van der Waals surface area contributed by atoms with Crippen LogP contribution >= 0.6 is 15.9 Å². The highest BCUT2D eigenvalue weighted by Crippen LogP contribution is 2.15. The Morgan fingerprint density at radius 3 is 2.00 bits per heavy atom. The predicted octanol–water partition coefficient (Wildman–Crippen LogP) is 5.13. The Balaban J connectivity index is 1.60. The number of ketones is 1. The van der Waals surface area contributed by atoms with Crippen molar-refractivity contribution in [3.05, 3.63) is 100 Å². The second kappa shape index (κ2) is 9.30. The fourth-order valence-corrected chi connectivity index (χ4v) is 2.88. The van der Waals surface area contributed by atoms with E-state index in [-0.39, 0.29) is 11.7 Å². The molecular weight excluding hydrogens is 434 g/mol. The molecule has 6 heteroatoms. The van der Waals surface area contributed by atoms with Gasteiger partial charge in [0.2, 0.25) is 5.78 Å². The van der Waals surface area contributed by atoms with Gasteiger partial charge in [-0.3, -0.25) is 9.59 Å². The highest BCUT2D eigenvalue weighted by atomic mass is 79.9. The molecule has 0 fully saturated rings. The van der Waals surface area contributed by atoms with E-state index in [1.807, 2.05) is 6.07 Å². The van der Waals surface area contributed by atoms with Gasteiger partial charge in [-0.15, -0.1) is 0 Å². The third-order valence-electron chi connectivity index (χ3n) is 4.20. The number of esters is 1. The molecule has 3 aromatic rings. The second-order valence-corrected chi connectivity index (χ2v) is 7.23. The Labute approximate surface area is 176 Å². The molecule has 3 aromatic carbocycles. The van der Waals surface area contributed by atoms with Gasteiger partial charge in [0.25, 0.3) is 5.91 Å². The normalized spacial score (nSPS) is 11.4. The maximum absolute atomic E-state index is 12.3. The first-order chi connectivity index (χ1) is 13.9. The molecule has 1 N–H and O–H groups in total. The fourth-order valence-electron chi connectivity index (χ4n) is 2.61. The van der Waals surface area contributed by atoms with Crippen molar-refractivity contribution in [1.29, 1.82) is 0 Å². The molecule has 0 spiro atoms. The number of rotatable bonds is 6. The van der Waals surface area contributed by atoms with E-state index in [2.05, 4.69) is 21.2 Å². The zero-order valence-electron chi connectivity index (χ0n) is 15.6. The minimum atomic E-state index is -0.901. The molecule has 0 unspecified atom stereocenters. The molecule has 0 aromatic heterocycles. The van der Waals surface area contributed by atoms with Crippen LogP contribution in [0.4, 0.5) is 5.69 Å². The zero-order chi connectivity index (χ0) is 20.8. The van der Waals surface area contributed by atoms with E-state index < -0.39 is 12.1 Å². The van der Waals surface area contributed by atoms with Gasteiger partial charge < -0.3 is 10.1 Å². The topological polar surface area (TPSA) is 72.5 Å². The van der Waals surface area contributed by atoms with Gasteiger partial charge in [-0.05, 0) is 55.5 Å². The molecule has 0 heterocycles. The molecule has 0 saturated heterocycles. The van der Waals surface area contributed by atoms with E-state index in [1.165, 1.54) is 0 Å². The molecule has 3 rings (SSSR count). The molecular formula is C23H18BrNO4. The summed E-state index contributed by atoms with van der Waals surface area (Å²) in [4.78, 5) is 36.9. The maximum Gasteiger partial charge on any atom is 0.338 e. The van der Waals surface area contributed by atoms with E-state index in [1.54, 1.807) is 79.7 Å². The number of nitrogens with one attached hydrogen (secondary N) is 1. The molecule has 0 radical (unpaired) electrons. The number of carbonyl (C=O) groups excluding carboxylic acids is 3. The minimum absolute atomic E-state index is 0.255. The van der Waals surface area contributed by atoms with Crippen LogP contribution in [0.5, 0.6) is 0 Å².